The highest BCUT2D eigenvalue weighted by molar-refractivity contribution is 5.74. The van der Waals surface area contributed by atoms with Crippen LogP contribution in [0.2, 0.25) is 0 Å². The van der Waals surface area contributed by atoms with E-state index in [1.807, 2.05) is 0 Å². The summed E-state index contributed by atoms with van der Waals surface area (Å²) in [5.74, 6) is 0.1000. The number of benzene rings is 1. The maximum absolute atomic E-state index is 13.6. The van der Waals surface area contributed by atoms with Gasteiger partial charge in [0, 0.05) is 6.20 Å². The zero-order chi connectivity index (χ0) is 18.5. The predicted octanol–water partition coefficient (Wildman–Crippen LogP) is 4.00. The molecule has 0 amide bonds. The van der Waals surface area contributed by atoms with Crippen LogP contribution in [0.15, 0.2) is 52.8 Å². The van der Waals surface area contributed by atoms with Crippen molar-refractivity contribution in [1.82, 2.24) is 9.38 Å². The van der Waals surface area contributed by atoms with Crippen molar-refractivity contribution in [3.05, 3.63) is 54.1 Å². The number of carbonyl (C=O) groups excluding carboxylic acids is 1. The van der Waals surface area contributed by atoms with Crippen LogP contribution in [-0.2, 0) is 16.0 Å². The molecular formula is C18H17FN4O3. The Hall–Kier alpha value is -3.29. The number of halogens is 1. The summed E-state index contributed by atoms with van der Waals surface area (Å²) in [7, 11) is 1.57. The van der Waals surface area contributed by atoms with Crippen LogP contribution in [0.3, 0.4) is 0 Å². The molecule has 3 rings (SSSR count). The summed E-state index contributed by atoms with van der Waals surface area (Å²) in [6.45, 7) is 1.99. The van der Waals surface area contributed by atoms with Gasteiger partial charge in [0.15, 0.2) is 5.82 Å². The average Bonchev–Trinajstić information content (AvgIpc) is 2.96. The number of esters is 1. The molecule has 134 valence electrons. The number of imidazole rings is 1. The Bertz CT molecular complexity index is 951. The van der Waals surface area contributed by atoms with Gasteiger partial charge in [-0.1, -0.05) is 0 Å². The second-order valence-electron chi connectivity index (χ2n) is 5.34. The van der Waals surface area contributed by atoms with Gasteiger partial charge in [-0.15, -0.1) is 10.2 Å². The number of hydrogen-bond donors (Lipinski definition) is 0. The van der Waals surface area contributed by atoms with Crippen LogP contribution in [-0.4, -0.2) is 29.1 Å². The summed E-state index contributed by atoms with van der Waals surface area (Å²) in [5.41, 5.74) is 1.42. The van der Waals surface area contributed by atoms with E-state index in [9.17, 15) is 9.18 Å². The van der Waals surface area contributed by atoms with Gasteiger partial charge in [0.05, 0.1) is 31.5 Å². The van der Waals surface area contributed by atoms with Crippen LogP contribution in [0.25, 0.3) is 5.65 Å². The Balaban J connectivity index is 1.98. The minimum Gasteiger partial charge on any atom is -0.497 e. The first-order valence-corrected chi connectivity index (χ1v) is 7.98. The summed E-state index contributed by atoms with van der Waals surface area (Å²) in [5, 5.41) is 8.34. The van der Waals surface area contributed by atoms with Crippen molar-refractivity contribution in [3.8, 4) is 5.75 Å². The molecule has 1 aromatic carbocycles. The number of nitrogens with zero attached hydrogens (tertiary/aromatic N) is 4. The molecule has 7 nitrogen and oxygen atoms in total. The number of hydrogen-bond acceptors (Lipinski definition) is 6. The van der Waals surface area contributed by atoms with Crippen molar-refractivity contribution in [1.29, 1.82) is 0 Å². The molecular weight excluding hydrogens is 339 g/mol. The van der Waals surface area contributed by atoms with Crippen LogP contribution in [0, 0.1) is 5.82 Å². The number of methoxy groups -OCH3 is 1. The second kappa shape index (κ2) is 7.73. The van der Waals surface area contributed by atoms with Crippen LogP contribution in [0.4, 0.5) is 15.9 Å². The first-order chi connectivity index (χ1) is 12.6. The number of ether oxygens (including phenoxy) is 2. The lowest BCUT2D eigenvalue weighted by atomic mass is 10.3. The molecule has 26 heavy (non-hydrogen) atoms. The monoisotopic (exact) mass is 356 g/mol. The third kappa shape index (κ3) is 3.85. The summed E-state index contributed by atoms with van der Waals surface area (Å²) in [6.07, 6.45) is 1.17. The molecule has 3 aromatic rings. The maximum atomic E-state index is 13.6. The third-order valence-corrected chi connectivity index (χ3v) is 3.58. The Labute approximate surface area is 149 Å². The molecule has 8 heteroatoms. The molecule has 0 N–H and O–H groups in total. The lowest BCUT2D eigenvalue weighted by Crippen LogP contribution is -2.07. The largest absolute Gasteiger partial charge is 0.497 e. The molecule has 0 aliphatic rings. The SMILES string of the molecule is CCOC(=O)Cc1nc2ccc(F)cn2c1N=Nc1ccc(OC)cc1. The van der Waals surface area contributed by atoms with E-state index in [1.165, 1.54) is 22.7 Å². The van der Waals surface area contributed by atoms with Gasteiger partial charge < -0.3 is 9.47 Å². The Morgan fingerprint density at radius 1 is 1.19 bits per heavy atom. The summed E-state index contributed by atoms with van der Waals surface area (Å²) in [4.78, 5) is 16.2. The topological polar surface area (TPSA) is 77.5 Å². The molecule has 0 saturated heterocycles. The first kappa shape index (κ1) is 17.5. The standard InChI is InChI=1S/C18H17FN4O3/c1-3-26-17(24)10-15-18(23-11-12(19)4-9-16(23)20-15)22-21-13-5-7-14(25-2)8-6-13/h4-9,11H,3,10H2,1-2H3. The quantitative estimate of drug-likeness (QED) is 0.494. The Kier molecular flexibility index (Phi) is 5.21. The van der Waals surface area contributed by atoms with Crippen molar-refractivity contribution >= 4 is 23.1 Å². The van der Waals surface area contributed by atoms with Gasteiger partial charge in [-0.25, -0.2) is 9.37 Å². The van der Waals surface area contributed by atoms with Crippen molar-refractivity contribution in [2.45, 2.75) is 13.3 Å². The van der Waals surface area contributed by atoms with Gasteiger partial charge in [-0.2, -0.15) is 0 Å². The zero-order valence-electron chi connectivity index (χ0n) is 14.3. The number of pyridine rings is 1. The normalized spacial score (nSPS) is 11.2. The fourth-order valence-corrected chi connectivity index (χ4v) is 2.38. The van der Waals surface area contributed by atoms with E-state index in [1.54, 1.807) is 38.3 Å². The maximum Gasteiger partial charge on any atom is 0.312 e. The fourth-order valence-electron chi connectivity index (χ4n) is 2.38. The summed E-state index contributed by atoms with van der Waals surface area (Å²) < 4.78 is 25.1. The van der Waals surface area contributed by atoms with Gasteiger partial charge in [0.2, 0.25) is 0 Å². The lowest BCUT2D eigenvalue weighted by molar-refractivity contribution is -0.142. The Morgan fingerprint density at radius 2 is 1.96 bits per heavy atom. The van der Waals surface area contributed by atoms with Crippen molar-refractivity contribution in [2.24, 2.45) is 10.2 Å². The highest BCUT2D eigenvalue weighted by Crippen LogP contribution is 2.26. The van der Waals surface area contributed by atoms with E-state index in [0.29, 0.717) is 22.8 Å². The smallest absolute Gasteiger partial charge is 0.312 e. The van der Waals surface area contributed by atoms with E-state index < -0.39 is 11.8 Å². The van der Waals surface area contributed by atoms with Gasteiger partial charge >= 0.3 is 5.97 Å². The highest BCUT2D eigenvalue weighted by Gasteiger charge is 2.16. The van der Waals surface area contributed by atoms with Crippen LogP contribution >= 0.6 is 0 Å². The summed E-state index contributed by atoms with van der Waals surface area (Å²) in [6, 6.07) is 9.77. The molecule has 0 aliphatic heterocycles. The van der Waals surface area contributed by atoms with E-state index >= 15 is 0 Å². The van der Waals surface area contributed by atoms with E-state index in [0.717, 1.165) is 0 Å². The molecule has 2 heterocycles. The number of rotatable bonds is 6. The molecule has 0 saturated carbocycles. The predicted molar refractivity (Wildman–Crippen MR) is 92.7 cm³/mol. The minimum atomic E-state index is -0.446. The number of carbonyl (C=O) groups is 1. The van der Waals surface area contributed by atoms with E-state index in [2.05, 4.69) is 15.2 Å². The number of fused-ring (bicyclic) bond motifs is 1. The van der Waals surface area contributed by atoms with Gasteiger partial charge in [-0.05, 0) is 43.3 Å². The van der Waals surface area contributed by atoms with Crippen LogP contribution in [0.5, 0.6) is 5.75 Å². The van der Waals surface area contributed by atoms with Crippen molar-refractivity contribution in [2.75, 3.05) is 13.7 Å². The molecule has 0 atom stereocenters. The highest BCUT2D eigenvalue weighted by atomic mass is 19.1. The van der Waals surface area contributed by atoms with Crippen molar-refractivity contribution in [3.63, 3.8) is 0 Å². The minimum absolute atomic E-state index is 0.0753. The first-order valence-electron chi connectivity index (χ1n) is 7.98. The lowest BCUT2D eigenvalue weighted by Gasteiger charge is -2.01. The van der Waals surface area contributed by atoms with Gasteiger partial charge in [-0.3, -0.25) is 9.20 Å². The third-order valence-electron chi connectivity index (χ3n) is 3.58. The fraction of sp³-hybridized carbons (Fsp3) is 0.222. The summed E-state index contributed by atoms with van der Waals surface area (Å²) >= 11 is 0. The van der Waals surface area contributed by atoms with E-state index in [-0.39, 0.29) is 18.8 Å². The van der Waals surface area contributed by atoms with Crippen LogP contribution in [0.1, 0.15) is 12.6 Å². The average molecular weight is 356 g/mol. The second-order valence-corrected chi connectivity index (χ2v) is 5.34. The molecule has 0 bridgehead atoms. The molecule has 0 aliphatic carbocycles. The van der Waals surface area contributed by atoms with Crippen molar-refractivity contribution < 1.29 is 18.7 Å². The zero-order valence-corrected chi connectivity index (χ0v) is 14.3. The molecule has 2 aromatic heterocycles. The molecule has 0 fully saturated rings. The number of aromatic nitrogens is 2. The van der Waals surface area contributed by atoms with Gasteiger partial charge in [0.25, 0.3) is 0 Å². The molecule has 0 radical (unpaired) electrons. The Morgan fingerprint density at radius 3 is 2.65 bits per heavy atom. The molecule has 0 spiro atoms. The number of azo groups is 1. The van der Waals surface area contributed by atoms with E-state index in [4.69, 9.17) is 9.47 Å². The van der Waals surface area contributed by atoms with Crippen LogP contribution < -0.4 is 4.74 Å². The molecule has 0 unspecified atom stereocenters. The van der Waals surface area contributed by atoms with Gasteiger partial charge in [0.1, 0.15) is 17.2 Å².